The van der Waals surface area contributed by atoms with E-state index in [9.17, 15) is 22.0 Å². The average molecular weight is 395 g/mol. The smallest absolute Gasteiger partial charge is 0.261 e. The first kappa shape index (κ1) is 19.2. The molecule has 3 rings (SSSR count). The van der Waals surface area contributed by atoms with E-state index in [0.29, 0.717) is 18.2 Å². The second-order valence-corrected chi connectivity index (χ2v) is 7.99. The molecular weight excluding hydrogens is 376 g/mol. The van der Waals surface area contributed by atoms with Crippen LogP contribution in [0.5, 0.6) is 0 Å². The Kier molecular flexibility index (Phi) is 5.43. The summed E-state index contributed by atoms with van der Waals surface area (Å²) in [6, 6.07) is 8.37. The highest BCUT2D eigenvalue weighted by atomic mass is 32.2. The van der Waals surface area contributed by atoms with Crippen LogP contribution in [-0.4, -0.2) is 44.9 Å². The van der Waals surface area contributed by atoms with Crippen molar-refractivity contribution in [1.29, 1.82) is 0 Å². The molecule has 1 heterocycles. The van der Waals surface area contributed by atoms with Crippen LogP contribution in [-0.2, 0) is 10.0 Å². The highest BCUT2D eigenvalue weighted by Crippen LogP contribution is 2.19. The minimum absolute atomic E-state index is 0.0674. The molecule has 1 aliphatic heterocycles. The number of carbonyl (C=O) groups is 1. The molecule has 0 spiro atoms. The Balaban J connectivity index is 1.75. The molecule has 0 aromatic heterocycles. The summed E-state index contributed by atoms with van der Waals surface area (Å²) in [7, 11) is -4.08. The summed E-state index contributed by atoms with van der Waals surface area (Å²) in [4.78, 5) is 13.9. The summed E-state index contributed by atoms with van der Waals surface area (Å²) in [5.74, 6) is -2.50. The van der Waals surface area contributed by atoms with E-state index in [1.54, 1.807) is 4.90 Å². The molecule has 0 aliphatic carbocycles. The van der Waals surface area contributed by atoms with Gasteiger partial charge in [0.25, 0.3) is 15.9 Å². The normalized spacial score (nSPS) is 17.6. The zero-order valence-corrected chi connectivity index (χ0v) is 15.4. The van der Waals surface area contributed by atoms with Gasteiger partial charge in [-0.3, -0.25) is 9.52 Å². The Hall–Kier alpha value is -2.52. The van der Waals surface area contributed by atoms with Crippen LogP contribution in [0.25, 0.3) is 0 Å². The Bertz CT molecular complexity index is 949. The van der Waals surface area contributed by atoms with E-state index in [-0.39, 0.29) is 17.6 Å². The third kappa shape index (κ3) is 4.25. The Morgan fingerprint density at radius 1 is 1.15 bits per heavy atom. The second-order valence-electron chi connectivity index (χ2n) is 6.31. The minimum atomic E-state index is -4.08. The van der Waals surface area contributed by atoms with Crippen molar-refractivity contribution in [3.8, 4) is 0 Å². The van der Waals surface area contributed by atoms with Gasteiger partial charge in [-0.1, -0.05) is 0 Å². The van der Waals surface area contributed by atoms with Gasteiger partial charge in [0, 0.05) is 36.9 Å². The van der Waals surface area contributed by atoms with Gasteiger partial charge in [0.15, 0.2) is 11.6 Å². The lowest BCUT2D eigenvalue weighted by Gasteiger charge is -2.34. The molecule has 0 bridgehead atoms. The van der Waals surface area contributed by atoms with Crippen LogP contribution >= 0.6 is 0 Å². The van der Waals surface area contributed by atoms with Crippen LogP contribution in [0.1, 0.15) is 17.3 Å². The van der Waals surface area contributed by atoms with Crippen molar-refractivity contribution in [2.45, 2.75) is 17.9 Å². The fourth-order valence-corrected chi connectivity index (χ4v) is 3.92. The summed E-state index contributed by atoms with van der Waals surface area (Å²) in [6.07, 6.45) is 0. The molecule has 1 amide bonds. The van der Waals surface area contributed by atoms with Crippen molar-refractivity contribution < 1.29 is 22.0 Å². The van der Waals surface area contributed by atoms with Gasteiger partial charge in [-0.15, -0.1) is 0 Å². The number of hydrogen-bond acceptors (Lipinski definition) is 4. The number of amides is 1. The first-order valence-electron chi connectivity index (χ1n) is 8.37. The highest BCUT2D eigenvalue weighted by molar-refractivity contribution is 7.92. The first-order valence-corrected chi connectivity index (χ1v) is 9.86. The molecular formula is C18H19F2N3O3S. The van der Waals surface area contributed by atoms with Gasteiger partial charge >= 0.3 is 0 Å². The Morgan fingerprint density at radius 2 is 1.85 bits per heavy atom. The van der Waals surface area contributed by atoms with E-state index in [1.165, 1.54) is 24.3 Å². The molecule has 27 heavy (non-hydrogen) atoms. The summed E-state index contributed by atoms with van der Waals surface area (Å²) in [5, 5.41) is 3.21. The third-order valence-corrected chi connectivity index (χ3v) is 5.73. The van der Waals surface area contributed by atoms with Gasteiger partial charge in [0.2, 0.25) is 0 Å². The standard InChI is InChI=1S/C18H19F2N3O3S/c1-12-11-21-8-9-23(12)18(24)13-2-4-14(5-3-13)22-27(25,26)15-6-7-16(19)17(20)10-15/h2-7,10,12,21-22H,8-9,11H2,1H3/t12-/m1/s1. The van der Waals surface area contributed by atoms with E-state index in [2.05, 4.69) is 10.0 Å². The number of halogens is 2. The van der Waals surface area contributed by atoms with Crippen molar-refractivity contribution in [1.82, 2.24) is 10.2 Å². The maximum absolute atomic E-state index is 13.3. The predicted octanol–water partition coefficient (Wildman–Crippen LogP) is 2.20. The van der Waals surface area contributed by atoms with Crippen LogP contribution in [0.3, 0.4) is 0 Å². The summed E-state index contributed by atoms with van der Waals surface area (Å²) in [6.45, 7) is 4.00. The number of benzene rings is 2. The first-order chi connectivity index (χ1) is 12.8. The maximum Gasteiger partial charge on any atom is 0.261 e. The molecule has 2 N–H and O–H groups in total. The fraction of sp³-hybridized carbons (Fsp3) is 0.278. The third-order valence-electron chi connectivity index (χ3n) is 4.35. The average Bonchev–Trinajstić information content (AvgIpc) is 2.64. The van der Waals surface area contributed by atoms with E-state index in [1.807, 2.05) is 6.92 Å². The predicted molar refractivity (Wildman–Crippen MR) is 97.0 cm³/mol. The molecule has 1 atom stereocenters. The van der Waals surface area contributed by atoms with E-state index < -0.39 is 26.6 Å². The zero-order valence-electron chi connectivity index (χ0n) is 14.6. The fourth-order valence-electron chi connectivity index (χ4n) is 2.85. The summed E-state index contributed by atoms with van der Waals surface area (Å²) in [5.41, 5.74) is 0.657. The van der Waals surface area contributed by atoms with Crippen LogP contribution in [0.2, 0.25) is 0 Å². The number of carbonyl (C=O) groups excluding carboxylic acids is 1. The molecule has 2 aromatic carbocycles. The van der Waals surface area contributed by atoms with Gasteiger partial charge in [-0.25, -0.2) is 17.2 Å². The Labute approximate surface area is 156 Å². The van der Waals surface area contributed by atoms with Crippen molar-refractivity contribution >= 4 is 21.6 Å². The molecule has 9 heteroatoms. The van der Waals surface area contributed by atoms with Gasteiger partial charge < -0.3 is 10.2 Å². The van der Waals surface area contributed by atoms with Gasteiger partial charge in [-0.2, -0.15) is 0 Å². The molecule has 0 saturated carbocycles. The topological polar surface area (TPSA) is 78.5 Å². The van der Waals surface area contributed by atoms with Crippen molar-refractivity contribution in [2.24, 2.45) is 0 Å². The van der Waals surface area contributed by atoms with Gasteiger partial charge in [-0.05, 0) is 49.4 Å². The van der Waals surface area contributed by atoms with Gasteiger partial charge in [0.05, 0.1) is 4.90 Å². The monoisotopic (exact) mass is 395 g/mol. The zero-order chi connectivity index (χ0) is 19.6. The van der Waals surface area contributed by atoms with Crippen molar-refractivity contribution in [2.75, 3.05) is 24.4 Å². The molecule has 6 nitrogen and oxygen atoms in total. The summed E-state index contributed by atoms with van der Waals surface area (Å²) >= 11 is 0. The van der Waals surface area contributed by atoms with E-state index in [4.69, 9.17) is 0 Å². The van der Waals surface area contributed by atoms with Crippen molar-refractivity contribution in [3.05, 3.63) is 59.7 Å². The Morgan fingerprint density at radius 3 is 2.48 bits per heavy atom. The summed E-state index contributed by atoms with van der Waals surface area (Å²) < 4.78 is 53.1. The highest BCUT2D eigenvalue weighted by Gasteiger charge is 2.24. The molecule has 1 fully saturated rings. The largest absolute Gasteiger partial charge is 0.333 e. The van der Waals surface area contributed by atoms with Crippen LogP contribution in [0, 0.1) is 11.6 Å². The molecule has 1 saturated heterocycles. The number of rotatable bonds is 4. The van der Waals surface area contributed by atoms with E-state index >= 15 is 0 Å². The second kappa shape index (κ2) is 7.61. The van der Waals surface area contributed by atoms with Crippen LogP contribution in [0.4, 0.5) is 14.5 Å². The van der Waals surface area contributed by atoms with Crippen LogP contribution in [0.15, 0.2) is 47.4 Å². The lowest BCUT2D eigenvalue weighted by Crippen LogP contribution is -2.52. The number of piperazine rings is 1. The molecule has 0 unspecified atom stereocenters. The molecule has 1 aliphatic rings. The SMILES string of the molecule is C[C@@H]1CNCCN1C(=O)c1ccc(NS(=O)(=O)c2ccc(F)c(F)c2)cc1. The molecule has 0 radical (unpaired) electrons. The van der Waals surface area contributed by atoms with Gasteiger partial charge in [0.1, 0.15) is 0 Å². The number of hydrogen-bond donors (Lipinski definition) is 2. The lowest BCUT2D eigenvalue weighted by molar-refractivity contribution is 0.0656. The maximum atomic E-state index is 13.3. The number of nitrogens with one attached hydrogen (secondary N) is 2. The van der Waals surface area contributed by atoms with Crippen LogP contribution < -0.4 is 10.0 Å². The minimum Gasteiger partial charge on any atom is -0.333 e. The molecule has 144 valence electrons. The number of nitrogens with zero attached hydrogens (tertiary/aromatic N) is 1. The molecule has 2 aromatic rings. The van der Waals surface area contributed by atoms with Crippen molar-refractivity contribution in [3.63, 3.8) is 0 Å². The number of sulfonamides is 1. The lowest BCUT2D eigenvalue weighted by atomic mass is 10.1. The quantitative estimate of drug-likeness (QED) is 0.832. The number of anilines is 1. The van der Waals surface area contributed by atoms with E-state index in [0.717, 1.165) is 25.2 Å².